The highest BCUT2D eigenvalue weighted by molar-refractivity contribution is 8.51. The third-order valence-corrected chi connectivity index (χ3v) is 28.7. The topological polar surface area (TPSA) is 0 Å². The molecule has 0 N–H and O–H groups in total. The van der Waals surface area contributed by atoms with E-state index in [1.54, 1.807) is 6.16 Å². The molecule has 2 saturated heterocycles. The molecule has 0 amide bonds. The van der Waals surface area contributed by atoms with Crippen LogP contribution in [0.2, 0.25) is 39.3 Å². The maximum Gasteiger partial charge on any atom is 0.0666 e. The van der Waals surface area contributed by atoms with Gasteiger partial charge < -0.3 is 0 Å². The average molecular weight is 286 g/mol. The molecule has 0 spiro atoms. The molecule has 0 nitrogen and oxygen atoms in total. The Morgan fingerprint density at radius 2 is 1.75 bits per heavy atom. The highest BCUT2D eigenvalue weighted by Crippen LogP contribution is 3.10. The number of rotatable bonds is 2. The van der Waals surface area contributed by atoms with Crippen molar-refractivity contribution in [3.63, 3.8) is 0 Å². The molecule has 16 heavy (non-hydrogen) atoms. The quantitative estimate of drug-likeness (QED) is 0.385. The zero-order valence-corrected chi connectivity index (χ0v) is 15.2. The first-order valence-electron chi connectivity index (χ1n) is 6.46. The van der Waals surface area contributed by atoms with E-state index >= 15 is 0 Å². The van der Waals surface area contributed by atoms with Crippen LogP contribution < -0.4 is 0 Å². The van der Waals surface area contributed by atoms with Crippen molar-refractivity contribution in [2.45, 2.75) is 49.1 Å². The van der Waals surface area contributed by atoms with Gasteiger partial charge in [0.25, 0.3) is 0 Å². The summed E-state index contributed by atoms with van der Waals surface area (Å²) in [6.45, 7) is 15.8. The lowest BCUT2D eigenvalue weighted by molar-refractivity contribution is 0.772. The normalized spacial score (nSPS) is 49.6. The Morgan fingerprint density at radius 3 is 2.19 bits per heavy atom. The molecule has 5 unspecified atom stereocenters. The van der Waals surface area contributed by atoms with Gasteiger partial charge in [0.15, 0.2) is 0 Å². The molecule has 4 aliphatic rings. The highest BCUT2D eigenvalue weighted by atomic mass is 32.1. The first-order valence-corrected chi connectivity index (χ1v) is 17.2. The van der Waals surface area contributed by atoms with Gasteiger partial charge in [-0.15, -0.1) is 0 Å². The number of hydrogen-bond donors (Lipinski definition) is 0. The van der Waals surface area contributed by atoms with Crippen LogP contribution in [0.3, 0.4) is 0 Å². The van der Waals surface area contributed by atoms with Crippen molar-refractivity contribution in [2.75, 3.05) is 6.16 Å². The second kappa shape index (κ2) is 3.13. The van der Waals surface area contributed by atoms with Crippen LogP contribution in [0.4, 0.5) is 0 Å². The molecule has 0 radical (unpaired) electrons. The predicted molar refractivity (Wildman–Crippen MR) is 84.5 cm³/mol. The lowest BCUT2D eigenvalue weighted by Crippen LogP contribution is -2.48. The molecule has 0 saturated carbocycles. The van der Waals surface area contributed by atoms with Gasteiger partial charge in [0.05, 0.1) is 16.1 Å². The molecular weight excluding hydrogens is 262 g/mol. The lowest BCUT2D eigenvalue weighted by Gasteiger charge is -2.42. The van der Waals surface area contributed by atoms with E-state index < -0.39 is 16.1 Å². The van der Waals surface area contributed by atoms with E-state index in [1.807, 2.05) is 0 Å². The van der Waals surface area contributed by atoms with E-state index in [2.05, 4.69) is 51.4 Å². The smallest absolute Gasteiger partial charge is 0.0666 e. The molecule has 5 atom stereocenters. The zero-order chi connectivity index (χ0) is 11.9. The molecule has 4 bridgehead atoms. The third kappa shape index (κ3) is 1.28. The van der Waals surface area contributed by atoms with Crippen LogP contribution in [0.25, 0.3) is 0 Å². The molecular formula is C12H24P2Si2. The second-order valence-corrected chi connectivity index (χ2v) is 26.6. The van der Waals surface area contributed by atoms with Crippen molar-refractivity contribution in [3.8, 4) is 0 Å². The van der Waals surface area contributed by atoms with Crippen molar-refractivity contribution in [1.29, 1.82) is 0 Å². The molecule has 4 rings (SSSR count). The van der Waals surface area contributed by atoms with Gasteiger partial charge in [-0.25, -0.2) is 0 Å². The Balaban J connectivity index is 2.02. The summed E-state index contributed by atoms with van der Waals surface area (Å²) < 4.78 is 0.858. The summed E-state index contributed by atoms with van der Waals surface area (Å²) in [6, 6.07) is 0. The van der Waals surface area contributed by atoms with Crippen LogP contribution >= 0.6 is 15.2 Å². The van der Waals surface area contributed by atoms with Gasteiger partial charge in [0.1, 0.15) is 0 Å². The van der Waals surface area contributed by atoms with Gasteiger partial charge in [-0.3, -0.25) is 0 Å². The second-order valence-electron chi connectivity index (χ2n) is 7.74. The molecule has 4 aliphatic heterocycles. The maximum atomic E-state index is 2.74. The molecule has 0 aromatic heterocycles. The molecule has 90 valence electrons. The summed E-state index contributed by atoms with van der Waals surface area (Å²) in [5.74, 6) is 1.03. The van der Waals surface area contributed by atoms with Crippen LogP contribution in [-0.4, -0.2) is 32.1 Å². The maximum absolute atomic E-state index is 2.74. The van der Waals surface area contributed by atoms with Crippen molar-refractivity contribution < 1.29 is 0 Å². The summed E-state index contributed by atoms with van der Waals surface area (Å²) in [6.07, 6.45) is 7.03. The largest absolute Gasteiger partial charge is 0.0837 e. The van der Waals surface area contributed by atoms with Gasteiger partial charge in [0.2, 0.25) is 0 Å². The van der Waals surface area contributed by atoms with E-state index in [0.717, 1.165) is 10.4 Å². The SMILES string of the molecule is C[Si](C)(C)C1C2C=CC3([Si](C)(C)C)P(C2)P13. The van der Waals surface area contributed by atoms with E-state index in [9.17, 15) is 0 Å². The Hall–Kier alpha value is 1.03. The van der Waals surface area contributed by atoms with Crippen molar-refractivity contribution in [1.82, 2.24) is 0 Å². The first-order chi connectivity index (χ1) is 7.19. The van der Waals surface area contributed by atoms with E-state index in [4.69, 9.17) is 0 Å². The van der Waals surface area contributed by atoms with Gasteiger partial charge in [-0.1, -0.05) is 66.7 Å². The monoisotopic (exact) mass is 286 g/mol. The Bertz CT molecular complexity index is 366. The van der Waals surface area contributed by atoms with Crippen LogP contribution in [0.1, 0.15) is 0 Å². The highest BCUT2D eigenvalue weighted by Gasteiger charge is 2.77. The van der Waals surface area contributed by atoms with Gasteiger partial charge >= 0.3 is 0 Å². The summed E-state index contributed by atoms with van der Waals surface area (Å²) in [5, 5.41) is 1.20. The molecule has 4 heterocycles. The van der Waals surface area contributed by atoms with Crippen LogP contribution in [-0.2, 0) is 0 Å². The third-order valence-electron chi connectivity index (χ3n) is 4.58. The molecule has 2 fully saturated rings. The predicted octanol–water partition coefficient (Wildman–Crippen LogP) is 4.90. The average Bonchev–Trinajstić information content (AvgIpc) is 2.64. The fourth-order valence-corrected chi connectivity index (χ4v) is 38.4. The molecule has 0 aliphatic carbocycles. The van der Waals surface area contributed by atoms with Crippen molar-refractivity contribution in [2.24, 2.45) is 5.92 Å². The molecule has 0 aromatic carbocycles. The van der Waals surface area contributed by atoms with Crippen molar-refractivity contribution >= 4 is 31.4 Å². The first kappa shape index (κ1) is 12.1. The minimum absolute atomic E-state index is 0.466. The fraction of sp³-hybridized carbons (Fsp3) is 0.833. The van der Waals surface area contributed by atoms with E-state index in [1.165, 1.54) is 5.28 Å². The van der Waals surface area contributed by atoms with Gasteiger partial charge in [-0.2, -0.15) is 0 Å². The van der Waals surface area contributed by atoms with Crippen LogP contribution in [0, 0.1) is 5.92 Å². The minimum Gasteiger partial charge on any atom is -0.0837 e. The molecule has 0 aromatic rings. The standard InChI is InChI=1S/C12H24P2Si2/c1-15(2,3)11-10-7-8-12(16(4,5)6)13(9-10)14(11)12/h7-8,10-11H,9H2,1-6H3. The summed E-state index contributed by atoms with van der Waals surface area (Å²) in [7, 11) is -0.916. The Kier molecular flexibility index (Phi) is 2.36. The Labute approximate surface area is 105 Å². The van der Waals surface area contributed by atoms with Crippen LogP contribution in [0.15, 0.2) is 12.2 Å². The number of hydrogen-bond acceptors (Lipinski definition) is 0. The van der Waals surface area contributed by atoms with Gasteiger partial charge in [0, 0.05) is 4.52 Å². The van der Waals surface area contributed by atoms with Gasteiger partial charge in [-0.05, 0) is 17.4 Å². The van der Waals surface area contributed by atoms with E-state index in [-0.39, 0.29) is 0 Å². The summed E-state index contributed by atoms with van der Waals surface area (Å²) in [4.78, 5) is 0. The fourth-order valence-electron chi connectivity index (χ4n) is 3.94. The Morgan fingerprint density at radius 1 is 1.12 bits per heavy atom. The molecule has 4 heteroatoms. The number of allylic oxidation sites excluding steroid dienone is 2. The van der Waals surface area contributed by atoms with Crippen LogP contribution in [0.5, 0.6) is 0 Å². The minimum atomic E-state index is -0.959. The zero-order valence-electron chi connectivity index (χ0n) is 11.4. The summed E-state index contributed by atoms with van der Waals surface area (Å²) >= 11 is 0. The van der Waals surface area contributed by atoms with E-state index in [0.29, 0.717) is 15.2 Å². The lowest BCUT2D eigenvalue weighted by atomic mass is 10.2. The summed E-state index contributed by atoms with van der Waals surface area (Å²) in [5.41, 5.74) is 0. The van der Waals surface area contributed by atoms with Crippen molar-refractivity contribution in [3.05, 3.63) is 12.2 Å².